The quantitative estimate of drug-likeness (QED) is 0.578. The van der Waals surface area contributed by atoms with Gasteiger partial charge in [0.15, 0.2) is 5.58 Å². The first-order valence-corrected chi connectivity index (χ1v) is 12.8. The zero-order valence-corrected chi connectivity index (χ0v) is 19.1. The van der Waals surface area contributed by atoms with Crippen molar-refractivity contribution < 1.29 is 12.9 Å². The molecule has 0 bridgehead atoms. The number of piperazine rings is 1. The van der Waals surface area contributed by atoms with Gasteiger partial charge in [-0.3, -0.25) is 0 Å². The van der Waals surface area contributed by atoms with Crippen LogP contribution in [0.2, 0.25) is 0 Å². The van der Waals surface area contributed by atoms with Crippen molar-refractivity contribution in [1.29, 1.82) is 0 Å². The van der Waals surface area contributed by atoms with Crippen LogP contribution in [0, 0.1) is 6.92 Å². The number of hydrogen-bond donors (Lipinski definition) is 0. The van der Waals surface area contributed by atoms with Crippen LogP contribution in [0.4, 0.5) is 11.8 Å². The molecule has 0 saturated carbocycles. The molecule has 10 heteroatoms. The molecule has 0 radical (unpaired) electrons. The Hall–Kier alpha value is -2.72. The van der Waals surface area contributed by atoms with E-state index in [0.717, 1.165) is 35.9 Å². The lowest BCUT2D eigenvalue weighted by Gasteiger charge is -2.35. The van der Waals surface area contributed by atoms with E-state index in [4.69, 9.17) is 9.51 Å². The minimum absolute atomic E-state index is 0.157. The third kappa shape index (κ3) is 4.29. The maximum atomic E-state index is 13.0. The Bertz CT molecular complexity index is 1200. The van der Waals surface area contributed by atoms with Crippen LogP contribution < -0.4 is 9.80 Å². The van der Waals surface area contributed by atoms with Gasteiger partial charge in [0.1, 0.15) is 17.3 Å². The Morgan fingerprint density at radius 1 is 0.938 bits per heavy atom. The Balaban J connectivity index is 1.27. The summed E-state index contributed by atoms with van der Waals surface area (Å²) in [4.78, 5) is 13.9. The Morgan fingerprint density at radius 3 is 2.47 bits per heavy atom. The van der Waals surface area contributed by atoms with Gasteiger partial charge in [-0.25, -0.2) is 13.4 Å². The normalized spacial score (nSPS) is 18.4. The molecule has 0 atom stereocenters. The van der Waals surface area contributed by atoms with E-state index in [1.807, 2.05) is 31.2 Å². The van der Waals surface area contributed by atoms with Gasteiger partial charge in [-0.05, 0) is 38.3 Å². The zero-order valence-electron chi connectivity index (χ0n) is 18.3. The van der Waals surface area contributed by atoms with Crippen molar-refractivity contribution in [2.24, 2.45) is 0 Å². The molecule has 2 aromatic heterocycles. The van der Waals surface area contributed by atoms with E-state index in [-0.39, 0.29) is 5.75 Å². The third-order valence-electron chi connectivity index (χ3n) is 6.20. The van der Waals surface area contributed by atoms with Crippen LogP contribution in [0.15, 0.2) is 34.9 Å². The van der Waals surface area contributed by atoms with Gasteiger partial charge in [0.2, 0.25) is 16.0 Å². The number of benzene rings is 1. The van der Waals surface area contributed by atoms with Gasteiger partial charge in [0.25, 0.3) is 0 Å². The largest absolute Gasteiger partial charge is 0.356 e. The average Bonchev–Trinajstić information content (AvgIpc) is 3.21. The number of nitrogens with zero attached hydrogens (tertiary/aromatic N) is 6. The SMILES string of the molecule is Cc1cc(N2CCN(S(=O)(=O)Cc3noc4ccccc34)CC2)nc(N2CCCCC2)n1. The topological polar surface area (TPSA) is 95.7 Å². The minimum atomic E-state index is -3.49. The lowest BCUT2D eigenvalue weighted by atomic mass is 10.1. The summed E-state index contributed by atoms with van der Waals surface area (Å²) in [7, 11) is -3.49. The number of fused-ring (bicyclic) bond motifs is 1. The van der Waals surface area contributed by atoms with Crippen molar-refractivity contribution in [3.63, 3.8) is 0 Å². The molecule has 1 aromatic carbocycles. The van der Waals surface area contributed by atoms with Gasteiger partial charge in [-0.15, -0.1) is 0 Å². The first-order chi connectivity index (χ1) is 15.5. The lowest BCUT2D eigenvalue weighted by Crippen LogP contribution is -2.49. The van der Waals surface area contributed by atoms with E-state index < -0.39 is 10.0 Å². The predicted octanol–water partition coefficient (Wildman–Crippen LogP) is 2.57. The summed E-state index contributed by atoms with van der Waals surface area (Å²) in [6, 6.07) is 9.32. The van der Waals surface area contributed by atoms with E-state index in [1.165, 1.54) is 19.3 Å². The molecule has 0 N–H and O–H groups in total. The molecule has 0 spiro atoms. The Kier molecular flexibility index (Phi) is 5.73. The average molecular weight is 457 g/mol. The van der Waals surface area contributed by atoms with Crippen molar-refractivity contribution in [3.8, 4) is 0 Å². The van der Waals surface area contributed by atoms with Gasteiger partial charge in [0.05, 0.1) is 0 Å². The van der Waals surface area contributed by atoms with Gasteiger partial charge in [-0.1, -0.05) is 17.3 Å². The van der Waals surface area contributed by atoms with E-state index in [9.17, 15) is 8.42 Å². The van der Waals surface area contributed by atoms with Crippen molar-refractivity contribution >= 4 is 32.8 Å². The number of anilines is 2. The summed E-state index contributed by atoms with van der Waals surface area (Å²) in [5, 5.41) is 4.74. The van der Waals surface area contributed by atoms with Crippen LogP contribution in [-0.2, 0) is 15.8 Å². The maximum Gasteiger partial charge on any atom is 0.227 e. The number of piperidine rings is 1. The number of aromatic nitrogens is 3. The molecule has 2 aliphatic heterocycles. The fourth-order valence-corrected chi connectivity index (χ4v) is 5.89. The van der Waals surface area contributed by atoms with Crippen LogP contribution in [0.5, 0.6) is 0 Å². The van der Waals surface area contributed by atoms with Crippen molar-refractivity contribution in [2.45, 2.75) is 31.9 Å². The van der Waals surface area contributed by atoms with E-state index in [2.05, 4.69) is 19.9 Å². The summed E-state index contributed by atoms with van der Waals surface area (Å²) in [6.45, 7) is 5.99. The van der Waals surface area contributed by atoms with Gasteiger partial charge in [-0.2, -0.15) is 9.29 Å². The second-order valence-corrected chi connectivity index (χ2v) is 10.5. The highest BCUT2D eigenvalue weighted by atomic mass is 32.2. The Morgan fingerprint density at radius 2 is 1.69 bits per heavy atom. The molecule has 0 aliphatic carbocycles. The summed E-state index contributed by atoms with van der Waals surface area (Å²) < 4.78 is 32.9. The van der Waals surface area contributed by atoms with E-state index in [1.54, 1.807) is 10.4 Å². The maximum absolute atomic E-state index is 13.0. The zero-order chi connectivity index (χ0) is 22.1. The van der Waals surface area contributed by atoms with E-state index in [0.29, 0.717) is 37.5 Å². The molecule has 5 rings (SSSR count). The summed E-state index contributed by atoms with van der Waals surface area (Å²) >= 11 is 0. The molecule has 0 amide bonds. The van der Waals surface area contributed by atoms with Crippen molar-refractivity contribution in [3.05, 3.63) is 41.7 Å². The molecule has 4 heterocycles. The summed E-state index contributed by atoms with van der Waals surface area (Å²) in [5.41, 5.74) is 2.00. The number of aryl methyl sites for hydroxylation is 1. The fraction of sp³-hybridized carbons (Fsp3) is 0.500. The second-order valence-electron chi connectivity index (χ2n) is 8.48. The smallest absolute Gasteiger partial charge is 0.227 e. The van der Waals surface area contributed by atoms with Gasteiger partial charge < -0.3 is 14.3 Å². The molecule has 2 aliphatic rings. The molecule has 32 heavy (non-hydrogen) atoms. The molecule has 9 nitrogen and oxygen atoms in total. The van der Waals surface area contributed by atoms with Crippen molar-refractivity contribution in [1.82, 2.24) is 19.4 Å². The number of para-hydroxylation sites is 1. The number of rotatable bonds is 5. The highest BCUT2D eigenvalue weighted by Crippen LogP contribution is 2.24. The highest BCUT2D eigenvalue weighted by molar-refractivity contribution is 7.88. The summed E-state index contributed by atoms with van der Waals surface area (Å²) in [5.74, 6) is 1.50. The van der Waals surface area contributed by atoms with Crippen LogP contribution in [-0.4, -0.2) is 67.1 Å². The third-order valence-corrected chi connectivity index (χ3v) is 7.99. The van der Waals surface area contributed by atoms with Crippen LogP contribution in [0.1, 0.15) is 30.7 Å². The van der Waals surface area contributed by atoms with Crippen LogP contribution in [0.25, 0.3) is 11.0 Å². The lowest BCUT2D eigenvalue weighted by molar-refractivity contribution is 0.381. The van der Waals surface area contributed by atoms with Gasteiger partial charge >= 0.3 is 0 Å². The predicted molar refractivity (Wildman–Crippen MR) is 123 cm³/mol. The monoisotopic (exact) mass is 456 g/mol. The van der Waals surface area contributed by atoms with Crippen LogP contribution >= 0.6 is 0 Å². The molecular formula is C22H28N6O3S. The van der Waals surface area contributed by atoms with Crippen LogP contribution in [0.3, 0.4) is 0 Å². The summed E-state index contributed by atoms with van der Waals surface area (Å²) in [6.07, 6.45) is 3.60. The first-order valence-electron chi connectivity index (χ1n) is 11.2. The highest BCUT2D eigenvalue weighted by Gasteiger charge is 2.29. The number of hydrogen-bond acceptors (Lipinski definition) is 8. The number of sulfonamides is 1. The van der Waals surface area contributed by atoms with Gasteiger partial charge in [0, 0.05) is 56.4 Å². The van der Waals surface area contributed by atoms with E-state index >= 15 is 0 Å². The molecule has 3 aromatic rings. The first kappa shape index (κ1) is 21.1. The second kappa shape index (κ2) is 8.67. The Labute approximate surface area is 188 Å². The fourth-order valence-electron chi connectivity index (χ4n) is 4.44. The molecular weight excluding hydrogens is 428 g/mol. The van der Waals surface area contributed by atoms with Crippen molar-refractivity contribution in [2.75, 3.05) is 49.1 Å². The minimum Gasteiger partial charge on any atom is -0.356 e. The molecule has 0 unspecified atom stereocenters. The standard InChI is InChI=1S/C22H28N6O3S/c1-17-15-21(24-22(23-17)27-9-5-2-6-10-27)26-11-13-28(14-12-26)32(29,30)16-19-18-7-3-4-8-20(18)31-25-19/h3-4,7-8,15H,2,5-6,9-14,16H2,1H3. The molecule has 2 fully saturated rings. The molecule has 170 valence electrons. The molecule has 2 saturated heterocycles.